The van der Waals surface area contributed by atoms with Gasteiger partial charge in [-0.1, -0.05) is 5.10 Å². The lowest BCUT2D eigenvalue weighted by molar-refractivity contribution is -0.455. The van der Waals surface area contributed by atoms with E-state index in [2.05, 4.69) is 15.3 Å². The van der Waals surface area contributed by atoms with E-state index in [9.17, 15) is 0 Å². The number of aromatic nitrogens is 2. The van der Waals surface area contributed by atoms with Gasteiger partial charge in [0.05, 0.1) is 5.10 Å². The molecular weight excluding hydrogens is 136 g/mol. The zero-order valence-corrected chi connectivity index (χ0v) is 5.02. The Bertz CT molecular complexity index is 231. The van der Waals surface area contributed by atoms with Gasteiger partial charge in [0.2, 0.25) is 0 Å². The van der Waals surface area contributed by atoms with Gasteiger partial charge in [0.15, 0.2) is 13.1 Å². The van der Waals surface area contributed by atoms with Gasteiger partial charge in [-0.15, -0.1) is 5.10 Å². The molecule has 2 rings (SSSR count). The topological polar surface area (TPSA) is 65.0 Å². The largest absolute Gasteiger partial charge is 0.459 e. The predicted molar refractivity (Wildman–Crippen MR) is 30.0 cm³/mol. The van der Waals surface area contributed by atoms with Crippen LogP contribution in [0.25, 0.3) is 0 Å². The summed E-state index contributed by atoms with van der Waals surface area (Å²) in [5.41, 5.74) is 0. The van der Waals surface area contributed by atoms with Gasteiger partial charge in [-0.05, 0) is 0 Å². The average molecular weight is 141 g/mol. The highest BCUT2D eigenvalue weighted by Gasteiger charge is 2.16. The molecule has 1 aliphatic rings. The zero-order chi connectivity index (χ0) is 6.81. The second kappa shape index (κ2) is 1.98. The number of hydrogen-bond acceptors (Lipinski definition) is 5. The molecule has 10 heavy (non-hydrogen) atoms. The third-order valence-corrected chi connectivity index (χ3v) is 1.06. The summed E-state index contributed by atoms with van der Waals surface area (Å²) in [6.07, 6.45) is 2.70. The number of hydrazone groups is 1. The van der Waals surface area contributed by atoms with Gasteiger partial charge in [-0.25, -0.2) is 0 Å². The SMILES string of the molecule is C1=NN(c2n[nH+]co2)CO1. The summed E-state index contributed by atoms with van der Waals surface area (Å²) in [5, 5.41) is 11.5. The Hall–Kier alpha value is -1.59. The molecule has 6 nitrogen and oxygen atoms in total. The number of anilines is 1. The Balaban J connectivity index is 2.20. The van der Waals surface area contributed by atoms with Gasteiger partial charge in [-0.3, -0.25) is 0 Å². The smallest absolute Gasteiger partial charge is 0.388 e. The molecule has 1 aliphatic heterocycles. The summed E-state index contributed by atoms with van der Waals surface area (Å²) in [4.78, 5) is 0. The minimum atomic E-state index is 0.356. The summed E-state index contributed by atoms with van der Waals surface area (Å²) in [6.45, 7) is 0.356. The lowest BCUT2D eigenvalue weighted by Crippen LogP contribution is -2.14. The second-order valence-corrected chi connectivity index (χ2v) is 1.68. The molecule has 0 atom stereocenters. The van der Waals surface area contributed by atoms with Gasteiger partial charge < -0.3 is 9.15 Å². The molecule has 52 valence electrons. The monoisotopic (exact) mass is 141 g/mol. The van der Waals surface area contributed by atoms with Crippen LogP contribution in [0.1, 0.15) is 0 Å². The first-order valence-corrected chi connectivity index (χ1v) is 2.70. The van der Waals surface area contributed by atoms with Gasteiger partial charge >= 0.3 is 12.4 Å². The molecule has 0 spiro atoms. The Kier molecular flexibility index (Phi) is 1.03. The van der Waals surface area contributed by atoms with Gasteiger partial charge in [-0.2, -0.15) is 5.01 Å². The fourth-order valence-electron chi connectivity index (χ4n) is 0.638. The quantitative estimate of drug-likeness (QED) is 0.515. The third kappa shape index (κ3) is 0.697. The number of nitrogens with zero attached hydrogens (tertiary/aromatic N) is 3. The number of aromatic amines is 1. The second-order valence-electron chi connectivity index (χ2n) is 1.68. The zero-order valence-electron chi connectivity index (χ0n) is 5.02. The van der Waals surface area contributed by atoms with E-state index in [0.717, 1.165) is 0 Å². The Labute approximate surface area is 56.1 Å². The van der Waals surface area contributed by atoms with Crippen LogP contribution < -0.4 is 10.1 Å². The highest BCUT2D eigenvalue weighted by Crippen LogP contribution is 2.09. The van der Waals surface area contributed by atoms with Crippen molar-refractivity contribution in [3.63, 3.8) is 0 Å². The number of rotatable bonds is 1. The van der Waals surface area contributed by atoms with Crippen molar-refractivity contribution >= 4 is 12.4 Å². The van der Waals surface area contributed by atoms with E-state index < -0.39 is 0 Å². The molecule has 0 aliphatic carbocycles. The Morgan fingerprint density at radius 2 is 2.70 bits per heavy atom. The van der Waals surface area contributed by atoms with E-state index in [1.807, 2.05) is 0 Å². The third-order valence-electron chi connectivity index (χ3n) is 1.06. The molecule has 1 aromatic heterocycles. The molecule has 0 saturated heterocycles. The molecule has 1 N–H and O–H groups in total. The van der Waals surface area contributed by atoms with Crippen LogP contribution >= 0.6 is 0 Å². The molecule has 0 fully saturated rings. The van der Waals surface area contributed by atoms with Crippen molar-refractivity contribution in [2.24, 2.45) is 5.10 Å². The van der Waals surface area contributed by atoms with Gasteiger partial charge in [0.1, 0.15) is 0 Å². The first kappa shape index (κ1) is 5.21. The lowest BCUT2D eigenvalue weighted by Gasteiger charge is -2.00. The van der Waals surface area contributed by atoms with E-state index in [0.29, 0.717) is 12.7 Å². The van der Waals surface area contributed by atoms with Crippen molar-refractivity contribution in [3.05, 3.63) is 6.39 Å². The van der Waals surface area contributed by atoms with E-state index in [1.165, 1.54) is 17.8 Å². The summed E-state index contributed by atoms with van der Waals surface area (Å²) in [7, 11) is 0. The number of ether oxygens (including phenoxy) is 1. The van der Waals surface area contributed by atoms with Crippen molar-refractivity contribution in [2.45, 2.75) is 0 Å². The van der Waals surface area contributed by atoms with Crippen molar-refractivity contribution in [1.29, 1.82) is 0 Å². The standard InChI is InChI=1S/C4H4N4O2/c1-5-7-4(10-1)8-3-9-2-6-8/h1-2H,3H2/p+1. The van der Waals surface area contributed by atoms with Crippen LogP contribution in [0.15, 0.2) is 15.9 Å². The van der Waals surface area contributed by atoms with E-state index in [1.54, 1.807) is 0 Å². The molecule has 0 radical (unpaired) electrons. The predicted octanol–water partition coefficient (Wildman–Crippen LogP) is -0.774. The van der Waals surface area contributed by atoms with E-state index in [4.69, 9.17) is 9.15 Å². The molecule has 0 bridgehead atoms. The van der Waals surface area contributed by atoms with Crippen molar-refractivity contribution in [1.82, 2.24) is 5.10 Å². The average Bonchev–Trinajstić information content (AvgIpc) is 2.59. The molecule has 0 amide bonds. The van der Waals surface area contributed by atoms with E-state index >= 15 is 0 Å². The number of hydrogen-bond donors (Lipinski definition) is 0. The minimum Gasteiger partial charge on any atom is -0.459 e. The summed E-state index contributed by atoms with van der Waals surface area (Å²) < 4.78 is 9.68. The maximum absolute atomic E-state index is 4.88. The number of nitrogens with one attached hydrogen (secondary N) is 1. The summed E-state index contributed by atoms with van der Waals surface area (Å²) in [6, 6.07) is 0.397. The summed E-state index contributed by atoms with van der Waals surface area (Å²) >= 11 is 0. The van der Waals surface area contributed by atoms with Crippen LogP contribution in [0.5, 0.6) is 0 Å². The first-order chi connectivity index (χ1) is 4.97. The molecule has 2 heterocycles. The van der Waals surface area contributed by atoms with Gasteiger partial charge in [0.25, 0.3) is 0 Å². The fraction of sp³-hybridized carbons (Fsp3) is 0.250. The fourth-order valence-corrected chi connectivity index (χ4v) is 0.638. The first-order valence-electron chi connectivity index (χ1n) is 2.70. The molecule has 6 heteroatoms. The highest BCUT2D eigenvalue weighted by atomic mass is 16.5. The van der Waals surface area contributed by atoms with Crippen LogP contribution in [0.4, 0.5) is 6.01 Å². The minimum absolute atomic E-state index is 0.356. The Morgan fingerprint density at radius 1 is 1.70 bits per heavy atom. The molecule has 0 saturated carbocycles. The van der Waals surface area contributed by atoms with Crippen LogP contribution in [0, 0.1) is 0 Å². The van der Waals surface area contributed by atoms with Crippen LogP contribution in [-0.2, 0) is 4.74 Å². The summed E-state index contributed by atoms with van der Waals surface area (Å²) in [5.74, 6) is 0. The van der Waals surface area contributed by atoms with Gasteiger partial charge in [0, 0.05) is 0 Å². The number of H-pyrrole nitrogens is 1. The van der Waals surface area contributed by atoms with Crippen molar-refractivity contribution in [3.8, 4) is 0 Å². The highest BCUT2D eigenvalue weighted by molar-refractivity contribution is 5.52. The normalized spacial score (nSPS) is 15.8. The molecular formula is C4H5N4O2+. The molecule has 1 aromatic rings. The van der Waals surface area contributed by atoms with Crippen molar-refractivity contribution < 1.29 is 14.3 Å². The molecule has 0 aromatic carbocycles. The van der Waals surface area contributed by atoms with Crippen LogP contribution in [0.2, 0.25) is 0 Å². The van der Waals surface area contributed by atoms with Crippen molar-refractivity contribution in [2.75, 3.05) is 11.7 Å². The maximum atomic E-state index is 4.88. The Morgan fingerprint density at radius 3 is 3.30 bits per heavy atom. The molecule has 0 unspecified atom stereocenters. The van der Waals surface area contributed by atoms with Crippen LogP contribution in [-0.4, -0.2) is 18.2 Å². The van der Waals surface area contributed by atoms with Crippen LogP contribution in [0.3, 0.4) is 0 Å². The lowest BCUT2D eigenvalue weighted by atomic mass is 11.0. The maximum Gasteiger partial charge on any atom is 0.388 e. The van der Waals surface area contributed by atoms with E-state index in [-0.39, 0.29) is 0 Å².